The zero-order valence-corrected chi connectivity index (χ0v) is 14.7. The maximum atomic E-state index is 12.4. The van der Waals surface area contributed by atoms with Gasteiger partial charge in [0.05, 0.1) is 11.4 Å². The summed E-state index contributed by atoms with van der Waals surface area (Å²) in [5.74, 6) is 0.102. The van der Waals surface area contributed by atoms with E-state index in [9.17, 15) is 9.59 Å². The molecule has 25 heavy (non-hydrogen) atoms. The topological polar surface area (TPSA) is 87.8 Å². The van der Waals surface area contributed by atoms with Gasteiger partial charge in [-0.05, 0) is 44.9 Å². The Labute approximate surface area is 145 Å². The molecule has 0 radical (unpaired) electrons. The molecule has 1 aromatic carbocycles. The van der Waals surface area contributed by atoms with Crippen LogP contribution in [0.25, 0.3) is 0 Å². The van der Waals surface area contributed by atoms with Crippen molar-refractivity contribution in [3.05, 3.63) is 40.8 Å². The number of hydrogen-bond acceptors (Lipinski definition) is 5. The molecule has 1 aromatic heterocycles. The van der Waals surface area contributed by atoms with Crippen LogP contribution in [0.5, 0.6) is 0 Å². The normalized spacial score (nSPS) is 14.5. The first-order valence-corrected chi connectivity index (χ1v) is 8.08. The first-order valence-electron chi connectivity index (χ1n) is 8.08. The van der Waals surface area contributed by atoms with Crippen molar-refractivity contribution in [3.8, 4) is 0 Å². The van der Waals surface area contributed by atoms with Gasteiger partial charge in [0.25, 0.3) is 5.91 Å². The van der Waals surface area contributed by atoms with Crippen molar-refractivity contribution in [2.24, 2.45) is 5.10 Å². The molecule has 0 fully saturated rings. The molecule has 1 N–H and O–H groups in total. The van der Waals surface area contributed by atoms with E-state index in [1.54, 1.807) is 13.8 Å². The second-order valence-corrected chi connectivity index (χ2v) is 6.16. The van der Waals surface area contributed by atoms with Crippen LogP contribution in [0.2, 0.25) is 0 Å². The minimum absolute atomic E-state index is 0.131. The molecule has 0 atom stereocenters. The molecule has 0 unspecified atom stereocenters. The summed E-state index contributed by atoms with van der Waals surface area (Å²) in [5, 5.41) is 8.19. The maximum Gasteiger partial charge on any atom is 0.302 e. The third-order valence-electron chi connectivity index (χ3n) is 4.14. The number of nitrogens with one attached hydrogen (secondary N) is 1. The van der Waals surface area contributed by atoms with Crippen LogP contribution < -0.4 is 10.3 Å². The molecular formula is C18H20N4O3. The van der Waals surface area contributed by atoms with Crippen LogP contribution >= 0.6 is 0 Å². The third kappa shape index (κ3) is 3.45. The molecule has 0 aliphatic carbocycles. The molecule has 130 valence electrons. The van der Waals surface area contributed by atoms with Gasteiger partial charge in [0.2, 0.25) is 5.91 Å². The van der Waals surface area contributed by atoms with Gasteiger partial charge in [-0.1, -0.05) is 12.1 Å². The summed E-state index contributed by atoms with van der Waals surface area (Å²) in [6.07, 6.45) is 0.508. The van der Waals surface area contributed by atoms with Gasteiger partial charge in [-0.2, -0.15) is 10.1 Å². The fraction of sp³-hybridized carbons (Fsp3) is 0.333. The van der Waals surface area contributed by atoms with E-state index in [0.29, 0.717) is 17.1 Å². The Morgan fingerprint density at radius 3 is 2.64 bits per heavy atom. The number of benzene rings is 1. The van der Waals surface area contributed by atoms with Gasteiger partial charge in [0.1, 0.15) is 11.5 Å². The monoisotopic (exact) mass is 340 g/mol. The highest BCUT2D eigenvalue weighted by Crippen LogP contribution is 2.25. The van der Waals surface area contributed by atoms with Crippen LogP contribution in [0.4, 0.5) is 11.7 Å². The van der Waals surface area contributed by atoms with Gasteiger partial charge < -0.3 is 4.42 Å². The van der Waals surface area contributed by atoms with Gasteiger partial charge in [-0.3, -0.25) is 14.9 Å². The van der Waals surface area contributed by atoms with Gasteiger partial charge in [-0.25, -0.2) is 5.01 Å². The predicted molar refractivity (Wildman–Crippen MR) is 94.7 cm³/mol. The van der Waals surface area contributed by atoms with Crippen molar-refractivity contribution >= 4 is 29.2 Å². The number of anilines is 2. The Hall–Kier alpha value is -2.96. The number of carbonyl (C=O) groups excluding carboxylic acids is 2. The summed E-state index contributed by atoms with van der Waals surface area (Å²) in [5.41, 5.74) is 3.62. The second-order valence-electron chi connectivity index (χ2n) is 6.16. The van der Waals surface area contributed by atoms with Crippen molar-refractivity contribution in [3.63, 3.8) is 0 Å². The minimum atomic E-state index is -0.413. The number of amides is 2. The standard InChI is InChI=1S/C18H20N4O3/c1-10-5-6-11(2)15(9-10)22-16(23)8-7-14(21-22)17(24)20-18-19-12(3)13(4)25-18/h5-6,9H,7-8H2,1-4H3,(H,19,20,24). The molecule has 0 saturated carbocycles. The van der Waals surface area contributed by atoms with Crippen LogP contribution in [0.1, 0.15) is 35.4 Å². The maximum absolute atomic E-state index is 12.4. The Morgan fingerprint density at radius 1 is 1.20 bits per heavy atom. The van der Waals surface area contributed by atoms with Gasteiger partial charge in [-0.15, -0.1) is 0 Å². The van der Waals surface area contributed by atoms with Gasteiger partial charge in [0, 0.05) is 12.8 Å². The minimum Gasteiger partial charge on any atom is -0.428 e. The summed E-state index contributed by atoms with van der Waals surface area (Å²) in [6, 6.07) is 5.92. The molecule has 7 heteroatoms. The van der Waals surface area contributed by atoms with Crippen LogP contribution in [0, 0.1) is 27.7 Å². The van der Waals surface area contributed by atoms with E-state index < -0.39 is 5.91 Å². The lowest BCUT2D eigenvalue weighted by Gasteiger charge is -2.24. The summed E-state index contributed by atoms with van der Waals surface area (Å²) in [4.78, 5) is 28.9. The van der Waals surface area contributed by atoms with E-state index in [-0.39, 0.29) is 30.5 Å². The third-order valence-corrected chi connectivity index (χ3v) is 4.14. The quantitative estimate of drug-likeness (QED) is 0.930. The fourth-order valence-corrected chi connectivity index (χ4v) is 2.55. The van der Waals surface area contributed by atoms with Crippen molar-refractivity contribution in [1.29, 1.82) is 0 Å². The van der Waals surface area contributed by atoms with E-state index in [0.717, 1.165) is 11.1 Å². The van der Waals surface area contributed by atoms with Crippen molar-refractivity contribution in [1.82, 2.24) is 4.98 Å². The number of oxazole rings is 1. The van der Waals surface area contributed by atoms with Crippen molar-refractivity contribution < 1.29 is 14.0 Å². The van der Waals surface area contributed by atoms with E-state index in [4.69, 9.17) is 4.42 Å². The first-order chi connectivity index (χ1) is 11.8. The second kappa shape index (κ2) is 6.51. The van der Waals surface area contributed by atoms with Crippen LogP contribution in [-0.4, -0.2) is 22.5 Å². The molecule has 3 rings (SSSR count). The lowest BCUT2D eigenvalue weighted by molar-refractivity contribution is -0.118. The SMILES string of the molecule is Cc1ccc(C)c(N2N=C(C(=O)Nc3nc(C)c(C)o3)CCC2=O)c1. The molecule has 2 heterocycles. The fourth-order valence-electron chi connectivity index (χ4n) is 2.55. The Balaban J connectivity index is 1.87. The molecule has 0 spiro atoms. The summed E-state index contributed by atoms with van der Waals surface area (Å²) < 4.78 is 5.36. The van der Waals surface area contributed by atoms with Crippen LogP contribution in [0.15, 0.2) is 27.7 Å². The molecule has 0 bridgehead atoms. The van der Waals surface area contributed by atoms with Crippen LogP contribution in [-0.2, 0) is 9.59 Å². The van der Waals surface area contributed by atoms with Crippen molar-refractivity contribution in [2.75, 3.05) is 10.3 Å². The number of aryl methyl sites for hydroxylation is 4. The molecule has 2 amide bonds. The lowest BCUT2D eigenvalue weighted by atomic mass is 10.1. The zero-order valence-electron chi connectivity index (χ0n) is 14.7. The molecular weight excluding hydrogens is 320 g/mol. The Morgan fingerprint density at radius 2 is 1.96 bits per heavy atom. The predicted octanol–water partition coefficient (Wildman–Crippen LogP) is 3.03. The molecule has 2 aromatic rings. The lowest BCUT2D eigenvalue weighted by Crippen LogP contribution is -2.36. The average Bonchev–Trinajstić information content (AvgIpc) is 2.88. The van der Waals surface area contributed by atoms with Crippen molar-refractivity contribution in [2.45, 2.75) is 40.5 Å². The molecule has 1 aliphatic rings. The number of carbonyl (C=O) groups is 2. The number of nitrogens with zero attached hydrogens (tertiary/aromatic N) is 3. The highest BCUT2D eigenvalue weighted by Gasteiger charge is 2.27. The average molecular weight is 340 g/mol. The smallest absolute Gasteiger partial charge is 0.302 e. The van der Waals surface area contributed by atoms with Gasteiger partial charge in [0.15, 0.2) is 0 Å². The molecule has 0 saturated heterocycles. The number of hydrazone groups is 1. The first kappa shape index (κ1) is 16.9. The van der Waals surface area contributed by atoms with Crippen LogP contribution in [0.3, 0.4) is 0 Å². The van der Waals surface area contributed by atoms with E-state index in [1.165, 1.54) is 5.01 Å². The Bertz CT molecular complexity index is 863. The van der Waals surface area contributed by atoms with Gasteiger partial charge >= 0.3 is 6.01 Å². The summed E-state index contributed by atoms with van der Waals surface area (Å²) in [6.45, 7) is 7.43. The highest BCUT2D eigenvalue weighted by atomic mass is 16.4. The summed E-state index contributed by atoms with van der Waals surface area (Å²) >= 11 is 0. The number of aromatic nitrogens is 1. The highest BCUT2D eigenvalue weighted by molar-refractivity contribution is 6.44. The molecule has 7 nitrogen and oxygen atoms in total. The van der Waals surface area contributed by atoms with E-state index in [2.05, 4.69) is 15.4 Å². The Kier molecular flexibility index (Phi) is 4.39. The summed E-state index contributed by atoms with van der Waals surface area (Å²) in [7, 11) is 0. The number of hydrogen-bond donors (Lipinski definition) is 1. The number of rotatable bonds is 3. The van der Waals surface area contributed by atoms with E-state index in [1.807, 2.05) is 32.0 Å². The zero-order chi connectivity index (χ0) is 18.1. The largest absolute Gasteiger partial charge is 0.428 e. The molecule has 1 aliphatic heterocycles. The van der Waals surface area contributed by atoms with E-state index >= 15 is 0 Å².